The molecule has 0 unspecified atom stereocenters. The summed E-state index contributed by atoms with van der Waals surface area (Å²) in [5, 5.41) is 5.02. The molecule has 62 heavy (non-hydrogen) atoms. The van der Waals surface area contributed by atoms with Crippen molar-refractivity contribution >= 4 is 63.0 Å². The van der Waals surface area contributed by atoms with Gasteiger partial charge in [-0.15, -0.1) is 22.7 Å². The van der Waals surface area contributed by atoms with E-state index in [0.717, 1.165) is 61.5 Å². The molecule has 9 aromatic carbocycles. The van der Waals surface area contributed by atoms with Crippen molar-refractivity contribution < 1.29 is 0 Å². The molecule has 290 valence electrons. The molecule has 0 amide bonds. The number of nitrogens with zero attached hydrogens (tertiary/aromatic N) is 2. The van der Waals surface area contributed by atoms with Gasteiger partial charge in [0.2, 0.25) is 0 Å². The molecular formula is C58H36N2S2. The Morgan fingerprint density at radius 2 is 0.694 bits per heavy atom. The quantitative estimate of drug-likeness (QED) is 0.160. The maximum absolute atomic E-state index is 5.66. The molecule has 0 aliphatic carbocycles. The lowest BCUT2D eigenvalue weighted by molar-refractivity contribution is 1.19. The van der Waals surface area contributed by atoms with Crippen molar-refractivity contribution in [3.63, 3.8) is 0 Å². The maximum atomic E-state index is 5.66. The van der Waals surface area contributed by atoms with Crippen LogP contribution in [0.5, 0.6) is 0 Å². The number of benzene rings is 9. The van der Waals surface area contributed by atoms with Crippen molar-refractivity contribution in [2.75, 3.05) is 0 Å². The van der Waals surface area contributed by atoms with Gasteiger partial charge in [-0.25, -0.2) is 9.97 Å². The molecule has 0 spiro atoms. The zero-order valence-electron chi connectivity index (χ0n) is 33.5. The highest BCUT2D eigenvalue weighted by atomic mass is 32.1. The second-order valence-electron chi connectivity index (χ2n) is 15.6. The van der Waals surface area contributed by atoms with Crippen LogP contribution in [0.1, 0.15) is 0 Å². The van der Waals surface area contributed by atoms with Crippen LogP contribution in [0.2, 0.25) is 0 Å². The summed E-state index contributed by atoms with van der Waals surface area (Å²) >= 11 is 3.67. The van der Waals surface area contributed by atoms with Crippen LogP contribution in [-0.2, 0) is 0 Å². The van der Waals surface area contributed by atoms with Gasteiger partial charge in [0.25, 0.3) is 0 Å². The summed E-state index contributed by atoms with van der Waals surface area (Å²) < 4.78 is 4.99. The third-order valence-electron chi connectivity index (χ3n) is 11.9. The Morgan fingerprint density at radius 3 is 1.24 bits per heavy atom. The lowest BCUT2D eigenvalue weighted by Gasteiger charge is -2.19. The summed E-state index contributed by atoms with van der Waals surface area (Å²) in [7, 11) is 0. The van der Waals surface area contributed by atoms with Crippen LogP contribution in [0, 0.1) is 0 Å². The predicted octanol–water partition coefficient (Wildman–Crippen LogP) is 16.9. The summed E-state index contributed by atoms with van der Waals surface area (Å²) in [5.41, 5.74) is 14.1. The molecule has 0 N–H and O–H groups in total. The van der Waals surface area contributed by atoms with Gasteiger partial charge in [0.05, 0.1) is 11.4 Å². The van der Waals surface area contributed by atoms with E-state index in [1.54, 1.807) is 0 Å². The van der Waals surface area contributed by atoms with Gasteiger partial charge >= 0.3 is 0 Å². The van der Waals surface area contributed by atoms with Crippen molar-refractivity contribution in [3.05, 3.63) is 218 Å². The standard InChI is InChI=1S/C58H36N2S2/c1-4-16-37(17-5-1)39-30-32-41(33-31-39)55-49(40-20-8-3-9-21-40)34-42(38-18-6-2-7-19-38)35-50(55)58-59-51(47-26-14-24-45-43-22-10-12-28-53(43)61-56(45)47)36-52(60-58)48-27-15-25-46-44-23-11-13-29-54(44)62-57(46)48/h1-36H. The van der Waals surface area contributed by atoms with Crippen LogP contribution in [0.3, 0.4) is 0 Å². The third-order valence-corrected chi connectivity index (χ3v) is 14.4. The van der Waals surface area contributed by atoms with Crippen LogP contribution in [0.15, 0.2) is 218 Å². The SMILES string of the molecule is c1ccc(-c2ccc(-c3c(-c4ccccc4)cc(-c4ccccc4)cc3-c3nc(-c4cccc5c4sc4ccccc45)cc(-c4cccc5c4sc4ccccc45)n3)cc2)cc1. The number of hydrogen-bond donors (Lipinski definition) is 0. The first kappa shape index (κ1) is 36.4. The molecule has 0 fully saturated rings. The summed E-state index contributed by atoms with van der Waals surface area (Å²) in [6.45, 7) is 0. The number of rotatable bonds is 7. The minimum atomic E-state index is 0.686. The Hall–Kier alpha value is -7.50. The minimum Gasteiger partial charge on any atom is -0.228 e. The van der Waals surface area contributed by atoms with E-state index in [-0.39, 0.29) is 0 Å². The normalized spacial score (nSPS) is 11.5. The molecule has 12 aromatic rings. The molecule has 0 saturated heterocycles. The monoisotopic (exact) mass is 824 g/mol. The average Bonchev–Trinajstić information content (AvgIpc) is 3.93. The molecule has 12 rings (SSSR count). The fourth-order valence-electron chi connectivity index (χ4n) is 8.97. The van der Waals surface area contributed by atoms with Gasteiger partial charge in [-0.05, 0) is 69.3 Å². The van der Waals surface area contributed by atoms with E-state index in [1.807, 2.05) is 22.7 Å². The first-order valence-electron chi connectivity index (χ1n) is 20.9. The molecule has 3 aromatic heterocycles. The molecule has 4 heteroatoms. The maximum Gasteiger partial charge on any atom is 0.161 e. The summed E-state index contributed by atoms with van der Waals surface area (Å²) in [4.78, 5) is 11.3. The van der Waals surface area contributed by atoms with Crippen molar-refractivity contribution in [2.24, 2.45) is 0 Å². The third kappa shape index (κ3) is 6.31. The van der Waals surface area contributed by atoms with E-state index >= 15 is 0 Å². The summed E-state index contributed by atoms with van der Waals surface area (Å²) in [6, 6.07) is 78.6. The molecule has 0 aliphatic rings. The Labute approximate surface area is 367 Å². The molecule has 2 nitrogen and oxygen atoms in total. The number of aromatic nitrogens is 2. The highest BCUT2D eigenvalue weighted by molar-refractivity contribution is 7.26. The van der Waals surface area contributed by atoms with Gasteiger partial charge in [0.1, 0.15) is 0 Å². The second kappa shape index (κ2) is 15.2. The van der Waals surface area contributed by atoms with Gasteiger partial charge in [-0.2, -0.15) is 0 Å². The Morgan fingerprint density at radius 1 is 0.274 bits per heavy atom. The van der Waals surface area contributed by atoms with Crippen LogP contribution < -0.4 is 0 Å². The molecular weight excluding hydrogens is 789 g/mol. The minimum absolute atomic E-state index is 0.686. The highest BCUT2D eigenvalue weighted by Gasteiger charge is 2.23. The number of thiophene rings is 2. The average molecular weight is 825 g/mol. The van der Waals surface area contributed by atoms with E-state index in [2.05, 4.69) is 218 Å². The van der Waals surface area contributed by atoms with E-state index in [1.165, 1.54) is 51.5 Å². The molecule has 3 heterocycles. The lowest BCUT2D eigenvalue weighted by Crippen LogP contribution is -2.00. The Balaban J connectivity index is 1.18. The fourth-order valence-corrected chi connectivity index (χ4v) is 11.4. The van der Waals surface area contributed by atoms with E-state index < -0.39 is 0 Å². The summed E-state index contributed by atoms with van der Waals surface area (Å²) in [5.74, 6) is 0.686. The van der Waals surface area contributed by atoms with Crippen LogP contribution in [0.4, 0.5) is 0 Å². The van der Waals surface area contributed by atoms with E-state index in [0.29, 0.717) is 5.82 Å². The van der Waals surface area contributed by atoms with Crippen LogP contribution in [-0.4, -0.2) is 9.97 Å². The Bertz CT molecular complexity index is 3480. The van der Waals surface area contributed by atoms with Gasteiger partial charge in [-0.3, -0.25) is 0 Å². The zero-order valence-corrected chi connectivity index (χ0v) is 35.1. The van der Waals surface area contributed by atoms with Crippen LogP contribution >= 0.6 is 22.7 Å². The summed E-state index contributed by atoms with van der Waals surface area (Å²) in [6.07, 6.45) is 0. The zero-order chi connectivity index (χ0) is 41.0. The van der Waals surface area contributed by atoms with Gasteiger partial charge in [-0.1, -0.05) is 188 Å². The van der Waals surface area contributed by atoms with Crippen molar-refractivity contribution in [3.8, 4) is 78.4 Å². The van der Waals surface area contributed by atoms with Gasteiger partial charge in [0.15, 0.2) is 5.82 Å². The lowest BCUT2D eigenvalue weighted by atomic mass is 9.86. The molecule has 0 saturated carbocycles. The van der Waals surface area contributed by atoms with Crippen LogP contribution in [0.25, 0.3) is 119 Å². The fraction of sp³-hybridized carbons (Fsp3) is 0. The Kier molecular flexibility index (Phi) is 8.91. The van der Waals surface area contributed by atoms with E-state index in [4.69, 9.17) is 9.97 Å². The molecule has 0 radical (unpaired) electrons. The molecule has 0 aliphatic heterocycles. The smallest absolute Gasteiger partial charge is 0.161 e. The van der Waals surface area contributed by atoms with Gasteiger partial charge in [0, 0.05) is 62.6 Å². The highest BCUT2D eigenvalue weighted by Crippen LogP contribution is 2.46. The van der Waals surface area contributed by atoms with Crippen molar-refractivity contribution in [1.29, 1.82) is 0 Å². The largest absolute Gasteiger partial charge is 0.228 e. The first-order chi connectivity index (χ1) is 30.7. The van der Waals surface area contributed by atoms with Gasteiger partial charge < -0.3 is 0 Å². The van der Waals surface area contributed by atoms with Crippen molar-refractivity contribution in [1.82, 2.24) is 9.97 Å². The number of fused-ring (bicyclic) bond motifs is 6. The van der Waals surface area contributed by atoms with Crippen molar-refractivity contribution in [2.45, 2.75) is 0 Å². The van der Waals surface area contributed by atoms with E-state index in [9.17, 15) is 0 Å². The molecule has 0 atom stereocenters. The second-order valence-corrected chi connectivity index (χ2v) is 17.7. The predicted molar refractivity (Wildman–Crippen MR) is 266 cm³/mol. The topological polar surface area (TPSA) is 25.8 Å². The first-order valence-corrected chi connectivity index (χ1v) is 22.5. The molecule has 0 bridgehead atoms. The number of hydrogen-bond acceptors (Lipinski definition) is 4.